The number of aromatic nitrogens is 3. The van der Waals surface area contributed by atoms with Gasteiger partial charge in [0.25, 0.3) is 0 Å². The van der Waals surface area contributed by atoms with Crippen molar-refractivity contribution in [3.63, 3.8) is 0 Å². The lowest BCUT2D eigenvalue weighted by Gasteiger charge is -2.47. The van der Waals surface area contributed by atoms with Crippen LogP contribution < -0.4 is 14.4 Å². The van der Waals surface area contributed by atoms with Crippen molar-refractivity contribution in [3.8, 4) is 41.2 Å². The van der Waals surface area contributed by atoms with E-state index in [1.54, 1.807) is 4.90 Å². The molecule has 0 spiro atoms. The molecular formula is C38H43F2N5O6. The van der Waals surface area contributed by atoms with Gasteiger partial charge in [0.15, 0.2) is 5.82 Å². The number of halogens is 2. The minimum Gasteiger partial charge on any atom is -0.508 e. The third kappa shape index (κ3) is 6.62. The summed E-state index contributed by atoms with van der Waals surface area (Å²) in [6, 6.07) is 5.48. The van der Waals surface area contributed by atoms with Crippen molar-refractivity contribution < 1.29 is 38.3 Å². The predicted octanol–water partition coefficient (Wildman–Crippen LogP) is 4.80. The van der Waals surface area contributed by atoms with E-state index in [-0.39, 0.29) is 94.4 Å². The zero-order valence-electron chi connectivity index (χ0n) is 29.1. The fraction of sp³-hybridized carbons (Fsp3) is 0.500. The molecule has 11 nitrogen and oxygen atoms in total. The van der Waals surface area contributed by atoms with E-state index in [1.807, 2.05) is 13.8 Å². The Hall–Kier alpha value is -4.35. The van der Waals surface area contributed by atoms with Gasteiger partial charge in [-0.2, -0.15) is 9.97 Å². The highest BCUT2D eigenvalue weighted by molar-refractivity contribution is 6.04. The number of β-amino-alcohol motifs (C(OH)–C–C–N with tert-alkyl or cyclic N) is 2. The van der Waals surface area contributed by atoms with Gasteiger partial charge in [-0.15, -0.1) is 6.42 Å². The van der Waals surface area contributed by atoms with E-state index in [9.17, 15) is 19.7 Å². The quantitative estimate of drug-likeness (QED) is 0.219. The maximum atomic E-state index is 17.2. The number of aromatic hydroxyl groups is 1. The number of aliphatic hydroxyl groups is 2. The number of phenolic OH excluding ortho intramolecular Hbond substituents is 1. The number of hydrogen-bond acceptors (Lipinski definition) is 11. The lowest BCUT2D eigenvalue weighted by molar-refractivity contribution is -0.0431. The summed E-state index contributed by atoms with van der Waals surface area (Å²) >= 11 is 0. The molecule has 2 aromatic carbocycles. The maximum absolute atomic E-state index is 17.2. The van der Waals surface area contributed by atoms with Crippen LogP contribution >= 0.6 is 0 Å². The van der Waals surface area contributed by atoms with E-state index < -0.39 is 23.3 Å². The fourth-order valence-electron chi connectivity index (χ4n) is 8.37. The van der Waals surface area contributed by atoms with Crippen molar-refractivity contribution in [1.82, 2.24) is 19.9 Å². The standard InChI is InChI=1S/C38H43F2N5O6/c1-5-25-27(39)10-9-22-16-23(46)17-26(29(22)25)32-31(40)33-30(35(41-32)49-4)34(44-14-15-50-19-24(47)18-44)43-36(42-33)51-21-38-11-6-8-28(38)45(13-7-12-38)20-37(2,3)48/h1,9-10,16-17,24,28,46-48H,6-8,11-15,18-21H2,2-4H3. The fourth-order valence-corrected chi connectivity index (χ4v) is 8.37. The molecule has 0 radical (unpaired) electrons. The molecule has 13 heteroatoms. The highest BCUT2D eigenvalue weighted by Gasteiger charge is 2.49. The zero-order valence-corrected chi connectivity index (χ0v) is 29.1. The highest BCUT2D eigenvalue weighted by Crippen LogP contribution is 2.49. The molecule has 3 aliphatic rings. The molecule has 270 valence electrons. The van der Waals surface area contributed by atoms with Gasteiger partial charge in [-0.05, 0) is 69.7 Å². The Morgan fingerprint density at radius 2 is 1.92 bits per heavy atom. The maximum Gasteiger partial charge on any atom is 0.319 e. The summed E-state index contributed by atoms with van der Waals surface area (Å²) in [4.78, 5) is 18.1. The molecule has 51 heavy (non-hydrogen) atoms. The van der Waals surface area contributed by atoms with Crippen molar-refractivity contribution in [3.05, 3.63) is 41.5 Å². The van der Waals surface area contributed by atoms with E-state index >= 15 is 4.39 Å². The third-order valence-corrected chi connectivity index (χ3v) is 10.4. The summed E-state index contributed by atoms with van der Waals surface area (Å²) in [5.41, 5.74) is -1.53. The lowest BCUT2D eigenvalue weighted by atomic mass is 9.75. The van der Waals surface area contributed by atoms with Crippen molar-refractivity contribution in [2.24, 2.45) is 5.41 Å². The zero-order chi connectivity index (χ0) is 36.1. The summed E-state index contributed by atoms with van der Waals surface area (Å²) in [6.45, 7) is 6.24. The molecule has 4 aromatic rings. The first kappa shape index (κ1) is 35.1. The number of hydrogen-bond donors (Lipinski definition) is 3. The number of ether oxygens (including phenoxy) is 3. The van der Waals surface area contributed by atoms with Gasteiger partial charge >= 0.3 is 6.01 Å². The molecule has 2 saturated heterocycles. The van der Waals surface area contributed by atoms with Crippen LogP contribution in [0.1, 0.15) is 51.5 Å². The minimum absolute atomic E-state index is 0.0262. The normalized spacial score (nSPS) is 22.9. The summed E-state index contributed by atoms with van der Waals surface area (Å²) in [7, 11) is 1.38. The Labute approximate surface area is 295 Å². The van der Waals surface area contributed by atoms with Gasteiger partial charge in [0.2, 0.25) is 5.88 Å². The molecule has 0 bridgehead atoms. The van der Waals surface area contributed by atoms with E-state index in [4.69, 9.17) is 25.6 Å². The van der Waals surface area contributed by atoms with Crippen LogP contribution in [0.25, 0.3) is 32.9 Å². The van der Waals surface area contributed by atoms with Gasteiger partial charge in [-0.3, -0.25) is 4.90 Å². The molecule has 2 aliphatic heterocycles. The van der Waals surface area contributed by atoms with Crippen LogP contribution in [0.3, 0.4) is 0 Å². The summed E-state index contributed by atoms with van der Waals surface area (Å²) in [5.74, 6) is 0.826. The summed E-state index contributed by atoms with van der Waals surface area (Å²) in [6.07, 6.45) is 9.70. The summed E-state index contributed by atoms with van der Waals surface area (Å²) < 4.78 is 49.9. The van der Waals surface area contributed by atoms with Crippen molar-refractivity contribution in [2.45, 2.75) is 63.7 Å². The molecule has 1 saturated carbocycles. The molecule has 0 amide bonds. The first-order valence-electron chi connectivity index (χ1n) is 17.4. The Bertz CT molecular complexity index is 2020. The molecule has 4 heterocycles. The largest absolute Gasteiger partial charge is 0.508 e. The van der Waals surface area contributed by atoms with Crippen molar-refractivity contribution in [1.29, 1.82) is 0 Å². The number of fused-ring (bicyclic) bond motifs is 3. The van der Waals surface area contributed by atoms with E-state index in [2.05, 4.69) is 20.8 Å². The van der Waals surface area contributed by atoms with Crippen LogP contribution in [0.2, 0.25) is 0 Å². The van der Waals surface area contributed by atoms with Gasteiger partial charge in [0.1, 0.15) is 34.0 Å². The van der Waals surface area contributed by atoms with Crippen molar-refractivity contribution in [2.75, 3.05) is 58.0 Å². The topological polar surface area (TPSA) is 134 Å². The van der Waals surface area contributed by atoms with E-state index in [0.717, 1.165) is 38.6 Å². The Kier molecular flexibility index (Phi) is 9.39. The molecule has 3 atom stereocenters. The number of rotatable bonds is 8. The van der Waals surface area contributed by atoms with Crippen LogP contribution in [-0.2, 0) is 4.74 Å². The van der Waals surface area contributed by atoms with Gasteiger partial charge in [-0.25, -0.2) is 13.8 Å². The van der Waals surface area contributed by atoms with Gasteiger partial charge in [0.05, 0.1) is 44.2 Å². The number of anilines is 1. The molecular weight excluding hydrogens is 660 g/mol. The number of methoxy groups -OCH3 is 1. The number of piperidine rings is 1. The van der Waals surface area contributed by atoms with Crippen LogP contribution in [-0.4, -0.2) is 106 Å². The molecule has 3 fully saturated rings. The highest BCUT2D eigenvalue weighted by atomic mass is 19.1. The Morgan fingerprint density at radius 3 is 2.69 bits per heavy atom. The Balaban J connectivity index is 1.39. The predicted molar refractivity (Wildman–Crippen MR) is 188 cm³/mol. The number of terminal acetylenes is 1. The number of benzene rings is 2. The Morgan fingerprint density at radius 1 is 1.12 bits per heavy atom. The van der Waals surface area contributed by atoms with Crippen LogP contribution in [0.4, 0.5) is 14.6 Å². The van der Waals surface area contributed by atoms with Crippen LogP contribution in [0.15, 0.2) is 24.3 Å². The first-order valence-corrected chi connectivity index (χ1v) is 17.4. The monoisotopic (exact) mass is 703 g/mol. The van der Waals surface area contributed by atoms with Crippen LogP contribution in [0.5, 0.6) is 17.6 Å². The first-order chi connectivity index (χ1) is 24.4. The van der Waals surface area contributed by atoms with E-state index in [1.165, 1.54) is 31.4 Å². The number of likely N-dealkylation sites (tertiary alicyclic amines) is 1. The smallest absolute Gasteiger partial charge is 0.319 e. The lowest BCUT2D eigenvalue weighted by Crippen LogP contribution is -2.55. The van der Waals surface area contributed by atoms with Crippen LogP contribution in [0, 0.1) is 29.4 Å². The number of pyridine rings is 1. The molecule has 7 rings (SSSR count). The number of aliphatic hydroxyl groups excluding tert-OH is 1. The van der Waals surface area contributed by atoms with E-state index in [0.29, 0.717) is 18.5 Å². The average Bonchev–Trinajstić information content (AvgIpc) is 3.41. The minimum atomic E-state index is -0.879. The molecule has 1 aliphatic carbocycles. The van der Waals surface area contributed by atoms with Crippen molar-refractivity contribution >= 4 is 27.5 Å². The second-order valence-corrected chi connectivity index (χ2v) is 14.6. The van der Waals surface area contributed by atoms with Gasteiger partial charge < -0.3 is 34.4 Å². The third-order valence-electron chi connectivity index (χ3n) is 10.4. The number of nitrogens with zero attached hydrogens (tertiary/aromatic N) is 5. The molecule has 3 unspecified atom stereocenters. The average molecular weight is 704 g/mol. The molecule has 3 N–H and O–H groups in total. The number of phenols is 1. The summed E-state index contributed by atoms with van der Waals surface area (Å²) in [5, 5.41) is 32.7. The molecule has 2 aromatic heterocycles. The van der Waals surface area contributed by atoms with Gasteiger partial charge in [0, 0.05) is 42.0 Å². The second-order valence-electron chi connectivity index (χ2n) is 14.6. The van der Waals surface area contributed by atoms with Gasteiger partial charge in [-0.1, -0.05) is 18.4 Å². The second kappa shape index (κ2) is 13.7. The SMILES string of the molecule is C#Cc1c(F)ccc2cc(O)cc(-c3nc(OC)c4c(N5CCOCC(O)C5)nc(OCC56CCCC5N(CC(C)(C)O)CCC6)nc4c3F)c12.